The Balaban J connectivity index is 2.10. The fraction of sp³-hybridized carbons (Fsp3) is 0.385. The first-order valence-electron chi connectivity index (χ1n) is 5.90. The largest absolute Gasteiger partial charge is 0.399 e. The molecule has 4 heteroatoms. The molecule has 0 amide bonds. The highest BCUT2D eigenvalue weighted by molar-refractivity contribution is 5.57. The van der Waals surface area contributed by atoms with Gasteiger partial charge in [0.15, 0.2) is 5.82 Å². The molecule has 1 heterocycles. The molecule has 90 valence electrons. The SMILES string of the molecule is CC(C)CCn1cnc(-c2ccc(N)cc2)n1. The Hall–Kier alpha value is -1.84. The number of rotatable bonds is 4. The number of nitrogens with two attached hydrogens (primary N) is 1. The Morgan fingerprint density at radius 3 is 2.59 bits per heavy atom. The molecule has 17 heavy (non-hydrogen) atoms. The normalized spacial score (nSPS) is 11.0. The third-order valence-corrected chi connectivity index (χ3v) is 2.64. The van der Waals surface area contributed by atoms with Gasteiger partial charge in [0.1, 0.15) is 6.33 Å². The van der Waals surface area contributed by atoms with Crippen LogP contribution in [-0.2, 0) is 6.54 Å². The fourth-order valence-corrected chi connectivity index (χ4v) is 1.56. The van der Waals surface area contributed by atoms with Gasteiger partial charge >= 0.3 is 0 Å². The van der Waals surface area contributed by atoms with Crippen LogP contribution in [0.2, 0.25) is 0 Å². The molecule has 0 aliphatic carbocycles. The number of hydrogen-bond donors (Lipinski definition) is 1. The summed E-state index contributed by atoms with van der Waals surface area (Å²) in [6, 6.07) is 7.61. The Bertz CT molecular complexity index is 470. The van der Waals surface area contributed by atoms with Gasteiger partial charge in [0.2, 0.25) is 0 Å². The van der Waals surface area contributed by atoms with Gasteiger partial charge in [-0.05, 0) is 36.6 Å². The van der Waals surface area contributed by atoms with Crippen molar-refractivity contribution in [3.63, 3.8) is 0 Å². The molecule has 1 aromatic carbocycles. The Kier molecular flexibility index (Phi) is 3.42. The number of hydrogen-bond acceptors (Lipinski definition) is 3. The predicted molar refractivity (Wildman–Crippen MR) is 69.3 cm³/mol. The molecule has 0 aliphatic rings. The Labute approximate surface area is 101 Å². The van der Waals surface area contributed by atoms with Gasteiger partial charge in [0.05, 0.1) is 0 Å². The van der Waals surface area contributed by atoms with Gasteiger partial charge in [-0.2, -0.15) is 5.10 Å². The van der Waals surface area contributed by atoms with Crippen molar-refractivity contribution in [2.24, 2.45) is 5.92 Å². The number of benzene rings is 1. The van der Waals surface area contributed by atoms with Crippen LogP contribution in [0, 0.1) is 5.92 Å². The van der Waals surface area contributed by atoms with Crippen molar-refractivity contribution in [1.82, 2.24) is 14.8 Å². The second kappa shape index (κ2) is 4.99. The van der Waals surface area contributed by atoms with Crippen LogP contribution < -0.4 is 5.73 Å². The molecule has 4 nitrogen and oxygen atoms in total. The van der Waals surface area contributed by atoms with Crippen LogP contribution in [0.4, 0.5) is 5.69 Å². The van der Waals surface area contributed by atoms with E-state index in [1.807, 2.05) is 28.9 Å². The summed E-state index contributed by atoms with van der Waals surface area (Å²) in [6.07, 6.45) is 2.90. The molecule has 1 aromatic heterocycles. The lowest BCUT2D eigenvalue weighted by molar-refractivity contribution is 0.487. The van der Waals surface area contributed by atoms with Crippen molar-refractivity contribution in [2.75, 3.05) is 5.73 Å². The van der Waals surface area contributed by atoms with E-state index in [2.05, 4.69) is 23.9 Å². The first-order chi connectivity index (χ1) is 8.15. The van der Waals surface area contributed by atoms with Crippen LogP contribution in [0.15, 0.2) is 30.6 Å². The van der Waals surface area contributed by atoms with E-state index in [-0.39, 0.29) is 0 Å². The van der Waals surface area contributed by atoms with Gasteiger partial charge in [-0.15, -0.1) is 0 Å². The highest BCUT2D eigenvalue weighted by Crippen LogP contribution is 2.16. The molecule has 0 spiro atoms. The molecule has 0 unspecified atom stereocenters. The highest BCUT2D eigenvalue weighted by Gasteiger charge is 2.04. The van der Waals surface area contributed by atoms with Crippen LogP contribution >= 0.6 is 0 Å². The van der Waals surface area contributed by atoms with Gasteiger partial charge in [-0.25, -0.2) is 4.98 Å². The zero-order valence-electron chi connectivity index (χ0n) is 10.3. The van der Waals surface area contributed by atoms with Crippen molar-refractivity contribution in [3.8, 4) is 11.4 Å². The summed E-state index contributed by atoms with van der Waals surface area (Å²) in [5.74, 6) is 1.44. The van der Waals surface area contributed by atoms with Crippen molar-refractivity contribution in [1.29, 1.82) is 0 Å². The maximum absolute atomic E-state index is 5.64. The van der Waals surface area contributed by atoms with E-state index in [1.54, 1.807) is 6.33 Å². The summed E-state index contributed by atoms with van der Waals surface area (Å²) in [5.41, 5.74) is 7.40. The summed E-state index contributed by atoms with van der Waals surface area (Å²) in [7, 11) is 0. The molecule has 0 saturated heterocycles. The molecule has 0 aliphatic heterocycles. The number of aryl methyl sites for hydroxylation is 1. The van der Waals surface area contributed by atoms with Gasteiger partial charge in [-0.1, -0.05) is 13.8 Å². The third-order valence-electron chi connectivity index (χ3n) is 2.64. The number of anilines is 1. The summed E-state index contributed by atoms with van der Waals surface area (Å²) in [5, 5.41) is 4.45. The Morgan fingerprint density at radius 2 is 1.94 bits per heavy atom. The molecule has 0 atom stereocenters. The molecule has 2 rings (SSSR count). The van der Waals surface area contributed by atoms with Gasteiger partial charge < -0.3 is 5.73 Å². The molecule has 0 bridgehead atoms. The van der Waals surface area contributed by atoms with E-state index in [1.165, 1.54) is 0 Å². The molecular weight excluding hydrogens is 212 g/mol. The van der Waals surface area contributed by atoms with Crippen LogP contribution in [0.1, 0.15) is 20.3 Å². The average molecular weight is 230 g/mol. The lowest BCUT2D eigenvalue weighted by Gasteiger charge is -2.03. The fourth-order valence-electron chi connectivity index (χ4n) is 1.56. The summed E-state index contributed by atoms with van der Waals surface area (Å²) in [6.45, 7) is 5.33. The minimum Gasteiger partial charge on any atom is -0.399 e. The minimum atomic E-state index is 0.680. The van der Waals surface area contributed by atoms with Gasteiger partial charge in [0.25, 0.3) is 0 Å². The number of aromatic nitrogens is 3. The van der Waals surface area contributed by atoms with E-state index in [0.29, 0.717) is 5.92 Å². The predicted octanol–water partition coefficient (Wildman–Crippen LogP) is 2.57. The maximum Gasteiger partial charge on any atom is 0.181 e. The van der Waals surface area contributed by atoms with Crippen LogP contribution in [0.5, 0.6) is 0 Å². The average Bonchev–Trinajstić information content (AvgIpc) is 2.76. The zero-order chi connectivity index (χ0) is 12.3. The van der Waals surface area contributed by atoms with Crippen LogP contribution in [0.3, 0.4) is 0 Å². The molecule has 2 aromatic rings. The van der Waals surface area contributed by atoms with E-state index in [9.17, 15) is 0 Å². The van der Waals surface area contributed by atoms with E-state index in [4.69, 9.17) is 5.73 Å². The summed E-state index contributed by atoms with van der Waals surface area (Å²) < 4.78 is 1.89. The van der Waals surface area contributed by atoms with Gasteiger partial charge in [-0.3, -0.25) is 4.68 Å². The molecule has 2 N–H and O–H groups in total. The third kappa shape index (κ3) is 3.06. The molecule has 0 saturated carbocycles. The summed E-state index contributed by atoms with van der Waals surface area (Å²) >= 11 is 0. The second-order valence-corrected chi connectivity index (χ2v) is 4.64. The lowest BCUT2D eigenvalue weighted by atomic mass is 10.1. The molecule has 0 radical (unpaired) electrons. The highest BCUT2D eigenvalue weighted by atomic mass is 15.3. The van der Waals surface area contributed by atoms with Crippen molar-refractivity contribution >= 4 is 5.69 Å². The first kappa shape index (κ1) is 11.6. The monoisotopic (exact) mass is 230 g/mol. The maximum atomic E-state index is 5.64. The topological polar surface area (TPSA) is 56.7 Å². The minimum absolute atomic E-state index is 0.680. The van der Waals surface area contributed by atoms with Crippen molar-refractivity contribution in [2.45, 2.75) is 26.8 Å². The second-order valence-electron chi connectivity index (χ2n) is 4.64. The van der Waals surface area contributed by atoms with Gasteiger partial charge in [0, 0.05) is 17.8 Å². The van der Waals surface area contributed by atoms with E-state index >= 15 is 0 Å². The Morgan fingerprint density at radius 1 is 1.24 bits per heavy atom. The first-order valence-corrected chi connectivity index (χ1v) is 5.90. The van der Waals surface area contributed by atoms with Crippen molar-refractivity contribution in [3.05, 3.63) is 30.6 Å². The summed E-state index contributed by atoms with van der Waals surface area (Å²) in [4.78, 5) is 4.31. The number of nitrogens with zero attached hydrogens (tertiary/aromatic N) is 3. The number of nitrogen functional groups attached to an aromatic ring is 1. The lowest BCUT2D eigenvalue weighted by Crippen LogP contribution is -2.02. The van der Waals surface area contributed by atoms with Crippen molar-refractivity contribution < 1.29 is 0 Å². The zero-order valence-corrected chi connectivity index (χ0v) is 10.3. The molecule has 0 fully saturated rings. The standard InChI is InChI=1S/C13H18N4/c1-10(2)7-8-17-9-15-13(16-17)11-3-5-12(14)6-4-11/h3-6,9-10H,7-8,14H2,1-2H3. The van der Waals surface area contributed by atoms with E-state index < -0.39 is 0 Å². The quantitative estimate of drug-likeness (QED) is 0.821. The van der Waals surface area contributed by atoms with Crippen LogP contribution in [-0.4, -0.2) is 14.8 Å². The van der Waals surface area contributed by atoms with E-state index in [0.717, 1.165) is 30.0 Å². The molecular formula is C13H18N4. The smallest absolute Gasteiger partial charge is 0.181 e. The van der Waals surface area contributed by atoms with Crippen LogP contribution in [0.25, 0.3) is 11.4 Å².